The second kappa shape index (κ2) is 9.16. The molecule has 5 rings (SSSR count). The number of piperidine rings is 1. The number of alkyl halides is 3. The van der Waals surface area contributed by atoms with Crippen molar-refractivity contribution in [2.24, 2.45) is 5.92 Å². The Morgan fingerprint density at radius 2 is 1.69 bits per heavy atom. The molecule has 0 spiro atoms. The SMILES string of the molecule is O=C(CCn1cnc2ccccc2c1=O)N1CCC(Cn2c(C(F)(F)F)nc3ccccc32)CC1. The Kier molecular flexibility index (Phi) is 6.04. The second-order valence-corrected chi connectivity index (χ2v) is 8.87. The summed E-state index contributed by atoms with van der Waals surface area (Å²) in [6, 6.07) is 13.7. The smallest absolute Gasteiger partial charge is 0.343 e. The fourth-order valence-electron chi connectivity index (χ4n) is 4.74. The number of nitrogens with zero attached hydrogens (tertiary/aromatic N) is 5. The predicted molar refractivity (Wildman–Crippen MR) is 125 cm³/mol. The Morgan fingerprint density at radius 1 is 1.00 bits per heavy atom. The number of hydrogen-bond donors (Lipinski definition) is 0. The van der Waals surface area contributed by atoms with Gasteiger partial charge in [0.2, 0.25) is 11.7 Å². The Labute approximate surface area is 198 Å². The fraction of sp³-hybridized carbons (Fsp3) is 0.360. The first-order valence-electron chi connectivity index (χ1n) is 11.6. The molecular formula is C25H24F3N5O2. The van der Waals surface area contributed by atoms with Crippen LogP contribution >= 0.6 is 0 Å². The van der Waals surface area contributed by atoms with Crippen LogP contribution in [0.4, 0.5) is 13.2 Å². The highest BCUT2D eigenvalue weighted by Crippen LogP contribution is 2.33. The molecule has 1 amide bonds. The normalized spacial score (nSPS) is 15.2. The number of aryl methyl sites for hydroxylation is 1. The van der Waals surface area contributed by atoms with Gasteiger partial charge in [0, 0.05) is 32.6 Å². The first-order valence-corrected chi connectivity index (χ1v) is 11.6. The van der Waals surface area contributed by atoms with Crippen molar-refractivity contribution < 1.29 is 18.0 Å². The largest absolute Gasteiger partial charge is 0.449 e. The number of likely N-dealkylation sites (tertiary alicyclic amines) is 1. The van der Waals surface area contributed by atoms with Crippen LogP contribution in [0.2, 0.25) is 0 Å². The summed E-state index contributed by atoms with van der Waals surface area (Å²) in [5.41, 5.74) is 1.22. The summed E-state index contributed by atoms with van der Waals surface area (Å²) in [4.78, 5) is 35.2. The molecule has 1 saturated heterocycles. The van der Waals surface area contributed by atoms with E-state index in [1.165, 1.54) is 15.5 Å². The number of imidazole rings is 1. The summed E-state index contributed by atoms with van der Waals surface area (Å²) in [6.07, 6.45) is -1.71. The number of fused-ring (bicyclic) bond motifs is 2. The summed E-state index contributed by atoms with van der Waals surface area (Å²) < 4.78 is 43.5. The number of carbonyl (C=O) groups excluding carboxylic acids is 1. The van der Waals surface area contributed by atoms with Crippen LogP contribution in [0.1, 0.15) is 25.1 Å². The third-order valence-electron chi connectivity index (χ3n) is 6.61. The van der Waals surface area contributed by atoms with Gasteiger partial charge in [-0.05, 0) is 43.0 Å². The summed E-state index contributed by atoms with van der Waals surface area (Å²) in [6.45, 7) is 1.38. The molecule has 10 heteroatoms. The number of hydrogen-bond acceptors (Lipinski definition) is 4. The van der Waals surface area contributed by atoms with Gasteiger partial charge in [-0.15, -0.1) is 0 Å². The van der Waals surface area contributed by atoms with E-state index in [2.05, 4.69) is 9.97 Å². The minimum absolute atomic E-state index is 0.00469. The van der Waals surface area contributed by atoms with Gasteiger partial charge in [-0.2, -0.15) is 13.2 Å². The molecule has 2 aromatic carbocycles. The van der Waals surface area contributed by atoms with Crippen molar-refractivity contribution >= 4 is 27.8 Å². The average molecular weight is 483 g/mol. The molecule has 2 aromatic heterocycles. The van der Waals surface area contributed by atoms with Gasteiger partial charge in [-0.3, -0.25) is 14.2 Å². The van der Waals surface area contributed by atoms with Crippen LogP contribution in [0.3, 0.4) is 0 Å². The standard InChI is InChI=1S/C25H24F3N5O2/c26-25(27,28)24-30-20-7-3-4-8-21(20)33(24)15-17-9-12-31(13-10-17)22(34)11-14-32-16-29-19-6-2-1-5-18(19)23(32)35/h1-8,16-17H,9-15H2. The van der Waals surface area contributed by atoms with Crippen LogP contribution in [0.25, 0.3) is 21.9 Å². The summed E-state index contributed by atoms with van der Waals surface area (Å²) >= 11 is 0. The summed E-state index contributed by atoms with van der Waals surface area (Å²) in [5.74, 6) is -0.954. The van der Waals surface area contributed by atoms with E-state index in [-0.39, 0.29) is 36.9 Å². The number of para-hydroxylation sites is 3. The molecule has 35 heavy (non-hydrogen) atoms. The van der Waals surface area contributed by atoms with Crippen molar-refractivity contribution in [2.45, 2.75) is 38.5 Å². The van der Waals surface area contributed by atoms with E-state index in [0.717, 1.165) is 0 Å². The van der Waals surface area contributed by atoms with E-state index in [1.54, 1.807) is 47.4 Å². The topological polar surface area (TPSA) is 73.0 Å². The van der Waals surface area contributed by atoms with Gasteiger partial charge in [0.25, 0.3) is 5.56 Å². The Balaban J connectivity index is 1.21. The lowest BCUT2D eigenvalue weighted by atomic mass is 9.96. The van der Waals surface area contributed by atoms with Crippen molar-refractivity contribution in [3.05, 3.63) is 71.0 Å². The number of rotatable bonds is 5. The predicted octanol–water partition coefficient (Wildman–Crippen LogP) is 4.09. The Bertz CT molecular complexity index is 1430. The molecule has 0 atom stereocenters. The molecule has 182 valence electrons. The first kappa shape index (κ1) is 23.1. The zero-order valence-electron chi connectivity index (χ0n) is 18.9. The van der Waals surface area contributed by atoms with Gasteiger partial charge >= 0.3 is 6.18 Å². The number of aromatic nitrogens is 4. The molecule has 0 aliphatic carbocycles. The van der Waals surface area contributed by atoms with E-state index < -0.39 is 12.0 Å². The minimum Gasteiger partial charge on any atom is -0.343 e. The van der Waals surface area contributed by atoms with Gasteiger partial charge in [0.15, 0.2) is 0 Å². The molecule has 0 bridgehead atoms. The summed E-state index contributed by atoms with van der Waals surface area (Å²) in [5, 5.41) is 0.508. The highest BCUT2D eigenvalue weighted by atomic mass is 19.4. The lowest BCUT2D eigenvalue weighted by molar-refractivity contribution is -0.147. The van der Waals surface area contributed by atoms with Crippen molar-refractivity contribution in [3.63, 3.8) is 0 Å². The zero-order valence-corrected chi connectivity index (χ0v) is 18.9. The van der Waals surface area contributed by atoms with Crippen molar-refractivity contribution in [1.29, 1.82) is 0 Å². The van der Waals surface area contributed by atoms with Crippen LogP contribution in [0.15, 0.2) is 59.7 Å². The lowest BCUT2D eigenvalue weighted by Gasteiger charge is -2.32. The maximum Gasteiger partial charge on any atom is 0.449 e. The van der Waals surface area contributed by atoms with Gasteiger partial charge in [0.1, 0.15) is 0 Å². The van der Waals surface area contributed by atoms with Crippen LogP contribution in [-0.4, -0.2) is 43.0 Å². The Morgan fingerprint density at radius 3 is 2.43 bits per heavy atom. The molecule has 1 aliphatic rings. The molecular weight excluding hydrogens is 459 g/mol. The van der Waals surface area contributed by atoms with Gasteiger partial charge < -0.3 is 9.47 Å². The van der Waals surface area contributed by atoms with E-state index in [0.29, 0.717) is 47.9 Å². The number of amides is 1. The van der Waals surface area contributed by atoms with E-state index in [4.69, 9.17) is 0 Å². The monoisotopic (exact) mass is 483 g/mol. The molecule has 0 unspecified atom stereocenters. The number of halogens is 3. The molecule has 0 saturated carbocycles. The highest BCUT2D eigenvalue weighted by Gasteiger charge is 2.38. The molecule has 3 heterocycles. The summed E-state index contributed by atoms with van der Waals surface area (Å²) in [7, 11) is 0. The average Bonchev–Trinajstić information content (AvgIpc) is 3.23. The van der Waals surface area contributed by atoms with Crippen LogP contribution in [-0.2, 0) is 24.1 Å². The van der Waals surface area contributed by atoms with E-state index >= 15 is 0 Å². The fourth-order valence-corrected chi connectivity index (χ4v) is 4.74. The maximum absolute atomic E-state index is 13.6. The Hall–Kier alpha value is -3.69. The van der Waals surface area contributed by atoms with Gasteiger partial charge in [-0.25, -0.2) is 9.97 Å². The molecule has 0 N–H and O–H groups in total. The van der Waals surface area contributed by atoms with Crippen molar-refractivity contribution in [1.82, 2.24) is 24.0 Å². The maximum atomic E-state index is 13.6. The molecule has 0 radical (unpaired) electrons. The van der Waals surface area contributed by atoms with Crippen molar-refractivity contribution in [3.8, 4) is 0 Å². The first-order chi connectivity index (χ1) is 16.8. The van der Waals surface area contributed by atoms with Crippen LogP contribution in [0.5, 0.6) is 0 Å². The van der Waals surface area contributed by atoms with Crippen LogP contribution < -0.4 is 5.56 Å². The zero-order chi connectivity index (χ0) is 24.6. The molecule has 4 aromatic rings. The quantitative estimate of drug-likeness (QED) is 0.429. The van der Waals surface area contributed by atoms with Crippen molar-refractivity contribution in [2.75, 3.05) is 13.1 Å². The lowest BCUT2D eigenvalue weighted by Crippen LogP contribution is -2.40. The highest BCUT2D eigenvalue weighted by molar-refractivity contribution is 5.78. The molecule has 1 aliphatic heterocycles. The third-order valence-corrected chi connectivity index (χ3v) is 6.61. The van der Waals surface area contributed by atoms with Crippen LogP contribution in [0, 0.1) is 5.92 Å². The molecule has 7 nitrogen and oxygen atoms in total. The van der Waals surface area contributed by atoms with Gasteiger partial charge in [0.05, 0.1) is 28.3 Å². The van der Waals surface area contributed by atoms with E-state index in [1.807, 2.05) is 6.07 Å². The van der Waals surface area contributed by atoms with E-state index in [9.17, 15) is 22.8 Å². The molecule has 1 fully saturated rings. The third kappa shape index (κ3) is 4.65. The minimum atomic E-state index is -4.54. The second-order valence-electron chi connectivity index (χ2n) is 8.87. The van der Waals surface area contributed by atoms with Gasteiger partial charge in [-0.1, -0.05) is 24.3 Å². The number of benzene rings is 2. The number of carbonyl (C=O) groups is 1.